The number of rotatable bonds is 9. The first-order valence-corrected chi connectivity index (χ1v) is 11.3. The summed E-state index contributed by atoms with van der Waals surface area (Å²) in [5.74, 6) is -0.392. The molecule has 3 amide bonds. The number of nitrogens with zero attached hydrogens (tertiary/aromatic N) is 4. The van der Waals surface area contributed by atoms with Crippen LogP contribution in [0.4, 0.5) is 5.69 Å². The van der Waals surface area contributed by atoms with Crippen molar-refractivity contribution in [3.8, 4) is 5.82 Å². The molecule has 2 heterocycles. The van der Waals surface area contributed by atoms with Crippen LogP contribution in [0.3, 0.4) is 0 Å². The molecule has 3 rings (SSSR count). The van der Waals surface area contributed by atoms with E-state index in [0.717, 1.165) is 16.1 Å². The number of aryl methyl sites for hydroxylation is 2. The van der Waals surface area contributed by atoms with Crippen molar-refractivity contribution >= 4 is 23.4 Å². The Morgan fingerprint density at radius 3 is 2.29 bits per heavy atom. The first kappa shape index (κ1) is 25.3. The van der Waals surface area contributed by atoms with Gasteiger partial charge in [-0.05, 0) is 57.2 Å². The van der Waals surface area contributed by atoms with E-state index in [-0.39, 0.29) is 24.9 Å². The van der Waals surface area contributed by atoms with Crippen molar-refractivity contribution < 1.29 is 14.4 Å². The lowest BCUT2D eigenvalue weighted by Gasteiger charge is -2.15. The van der Waals surface area contributed by atoms with E-state index >= 15 is 0 Å². The molecule has 11 nitrogen and oxygen atoms in total. The number of anilines is 1. The van der Waals surface area contributed by atoms with Crippen LogP contribution in [0.15, 0.2) is 47.3 Å². The SMILES string of the molecule is CCC(=O)Nc1ccc(C(=O)NCCNC(=O)C(C)n2nc(-n3nc(C)cc3C)ccc2=O)cc1. The van der Waals surface area contributed by atoms with E-state index in [1.165, 1.54) is 6.07 Å². The van der Waals surface area contributed by atoms with Crippen molar-refractivity contribution in [1.29, 1.82) is 0 Å². The number of hydrogen-bond donors (Lipinski definition) is 3. The second kappa shape index (κ2) is 11.2. The van der Waals surface area contributed by atoms with Gasteiger partial charge in [-0.2, -0.15) is 5.10 Å². The number of aromatic nitrogens is 4. The Kier molecular flexibility index (Phi) is 8.13. The third-order valence-corrected chi connectivity index (χ3v) is 5.25. The predicted molar refractivity (Wildman–Crippen MR) is 131 cm³/mol. The first-order valence-electron chi connectivity index (χ1n) is 11.3. The molecule has 1 unspecified atom stereocenters. The second-order valence-electron chi connectivity index (χ2n) is 8.02. The van der Waals surface area contributed by atoms with Gasteiger partial charge in [-0.25, -0.2) is 9.36 Å². The van der Waals surface area contributed by atoms with Crippen molar-refractivity contribution in [3.63, 3.8) is 0 Å². The Balaban J connectivity index is 1.53. The van der Waals surface area contributed by atoms with Gasteiger partial charge in [0.25, 0.3) is 11.5 Å². The molecule has 3 N–H and O–H groups in total. The Bertz CT molecular complexity index is 1280. The molecule has 0 saturated carbocycles. The number of nitrogens with one attached hydrogen (secondary N) is 3. The zero-order valence-electron chi connectivity index (χ0n) is 20.2. The van der Waals surface area contributed by atoms with Crippen LogP contribution in [0.25, 0.3) is 5.82 Å². The van der Waals surface area contributed by atoms with Crippen molar-refractivity contribution in [2.24, 2.45) is 0 Å². The Labute approximate surface area is 202 Å². The first-order chi connectivity index (χ1) is 16.7. The Morgan fingerprint density at radius 2 is 1.66 bits per heavy atom. The Hall–Kier alpha value is -4.28. The molecule has 0 aliphatic heterocycles. The summed E-state index contributed by atoms with van der Waals surface area (Å²) >= 11 is 0. The van der Waals surface area contributed by atoms with Gasteiger partial charge in [0.2, 0.25) is 11.8 Å². The molecule has 11 heteroatoms. The lowest BCUT2D eigenvalue weighted by Crippen LogP contribution is -2.40. The van der Waals surface area contributed by atoms with Crippen molar-refractivity contribution in [1.82, 2.24) is 30.2 Å². The van der Waals surface area contributed by atoms with Crippen LogP contribution in [-0.4, -0.2) is 50.4 Å². The zero-order valence-corrected chi connectivity index (χ0v) is 20.2. The smallest absolute Gasteiger partial charge is 0.267 e. The summed E-state index contributed by atoms with van der Waals surface area (Å²) in [5.41, 5.74) is 2.30. The van der Waals surface area contributed by atoms with Crippen molar-refractivity contribution in [3.05, 3.63) is 69.8 Å². The van der Waals surface area contributed by atoms with E-state index in [1.54, 1.807) is 48.9 Å². The Morgan fingerprint density at radius 1 is 0.971 bits per heavy atom. The summed E-state index contributed by atoms with van der Waals surface area (Å²) in [6, 6.07) is 10.4. The van der Waals surface area contributed by atoms with E-state index < -0.39 is 17.5 Å². The van der Waals surface area contributed by atoms with E-state index in [4.69, 9.17) is 0 Å². The molecule has 0 bridgehead atoms. The molecule has 0 aliphatic carbocycles. The van der Waals surface area contributed by atoms with Gasteiger partial charge in [0, 0.05) is 42.5 Å². The van der Waals surface area contributed by atoms with Crippen LogP contribution in [0.2, 0.25) is 0 Å². The molecule has 35 heavy (non-hydrogen) atoms. The molecular weight excluding hydrogens is 450 g/mol. The number of hydrogen-bond acceptors (Lipinski definition) is 6. The van der Waals surface area contributed by atoms with Crippen LogP contribution in [0, 0.1) is 13.8 Å². The summed E-state index contributed by atoms with van der Waals surface area (Å²) in [4.78, 5) is 48.7. The fourth-order valence-electron chi connectivity index (χ4n) is 3.34. The van der Waals surface area contributed by atoms with E-state index in [1.807, 2.05) is 19.9 Å². The highest BCUT2D eigenvalue weighted by Gasteiger charge is 2.18. The van der Waals surface area contributed by atoms with Gasteiger partial charge >= 0.3 is 0 Å². The van der Waals surface area contributed by atoms with Crippen molar-refractivity contribution in [2.75, 3.05) is 18.4 Å². The molecule has 0 radical (unpaired) electrons. The molecule has 0 fully saturated rings. The quantitative estimate of drug-likeness (QED) is 0.398. The van der Waals surface area contributed by atoms with Gasteiger partial charge < -0.3 is 16.0 Å². The van der Waals surface area contributed by atoms with Gasteiger partial charge in [-0.3, -0.25) is 19.2 Å². The van der Waals surface area contributed by atoms with Gasteiger partial charge in [-0.15, -0.1) is 5.10 Å². The largest absolute Gasteiger partial charge is 0.352 e. The molecule has 3 aromatic rings. The maximum atomic E-state index is 12.6. The average molecular weight is 480 g/mol. The fourth-order valence-corrected chi connectivity index (χ4v) is 3.34. The topological polar surface area (TPSA) is 140 Å². The highest BCUT2D eigenvalue weighted by molar-refractivity contribution is 5.95. The summed E-state index contributed by atoms with van der Waals surface area (Å²) in [6.45, 7) is 7.43. The third kappa shape index (κ3) is 6.40. The van der Waals surface area contributed by atoms with Crippen LogP contribution >= 0.6 is 0 Å². The summed E-state index contributed by atoms with van der Waals surface area (Å²) < 4.78 is 2.72. The fraction of sp³-hybridized carbons (Fsp3) is 0.333. The van der Waals surface area contributed by atoms with E-state index in [9.17, 15) is 19.2 Å². The van der Waals surface area contributed by atoms with Crippen LogP contribution in [0.1, 0.15) is 48.1 Å². The third-order valence-electron chi connectivity index (χ3n) is 5.25. The standard InChI is InChI=1S/C24H29N7O4/c1-5-21(32)27-19-8-6-18(7-9-19)24(35)26-13-12-25-23(34)17(4)31-22(33)11-10-20(29-31)30-16(3)14-15(2)28-30/h6-11,14,17H,5,12-13H2,1-4H3,(H,25,34)(H,26,35)(H,27,32). The number of benzene rings is 1. The van der Waals surface area contributed by atoms with Gasteiger partial charge in [-0.1, -0.05) is 6.92 Å². The monoisotopic (exact) mass is 479 g/mol. The molecule has 0 spiro atoms. The molecule has 0 aliphatic rings. The summed E-state index contributed by atoms with van der Waals surface area (Å²) in [5, 5.41) is 16.8. The minimum atomic E-state index is -0.860. The molecular formula is C24H29N7O4. The van der Waals surface area contributed by atoms with Crippen LogP contribution < -0.4 is 21.5 Å². The van der Waals surface area contributed by atoms with Crippen molar-refractivity contribution in [2.45, 2.75) is 40.2 Å². The van der Waals surface area contributed by atoms with Gasteiger partial charge in [0.1, 0.15) is 6.04 Å². The number of amides is 3. The average Bonchev–Trinajstić information content (AvgIpc) is 3.19. The number of carbonyl (C=O) groups excluding carboxylic acids is 3. The maximum absolute atomic E-state index is 12.6. The summed E-state index contributed by atoms with van der Waals surface area (Å²) in [6.07, 6.45) is 0.367. The highest BCUT2D eigenvalue weighted by atomic mass is 16.2. The predicted octanol–water partition coefficient (Wildman–Crippen LogP) is 1.50. The minimum absolute atomic E-state index is 0.108. The lowest BCUT2D eigenvalue weighted by molar-refractivity contribution is -0.124. The summed E-state index contributed by atoms with van der Waals surface area (Å²) in [7, 11) is 0. The molecule has 0 saturated heterocycles. The van der Waals surface area contributed by atoms with E-state index in [2.05, 4.69) is 26.1 Å². The normalized spacial score (nSPS) is 11.5. The van der Waals surface area contributed by atoms with E-state index in [0.29, 0.717) is 23.5 Å². The van der Waals surface area contributed by atoms with Crippen LogP contribution in [0.5, 0.6) is 0 Å². The van der Waals surface area contributed by atoms with Gasteiger partial charge in [0.15, 0.2) is 5.82 Å². The maximum Gasteiger partial charge on any atom is 0.267 e. The minimum Gasteiger partial charge on any atom is -0.352 e. The lowest BCUT2D eigenvalue weighted by atomic mass is 10.2. The highest BCUT2D eigenvalue weighted by Crippen LogP contribution is 2.11. The molecule has 1 aromatic carbocycles. The zero-order chi connectivity index (χ0) is 25.5. The second-order valence-corrected chi connectivity index (χ2v) is 8.02. The van der Waals surface area contributed by atoms with Gasteiger partial charge in [0.05, 0.1) is 5.69 Å². The number of carbonyl (C=O) groups is 3. The van der Waals surface area contributed by atoms with Crippen LogP contribution in [-0.2, 0) is 9.59 Å². The molecule has 1 atom stereocenters. The molecule has 184 valence electrons. The molecule has 2 aromatic heterocycles.